The normalized spacial score (nSPS) is 11.5. The van der Waals surface area contributed by atoms with Gasteiger partial charge in [0.2, 0.25) is 0 Å². The summed E-state index contributed by atoms with van der Waals surface area (Å²) in [7, 11) is 1.63. The largest absolute Gasteiger partial charge is 0.493 e. The average molecular weight is 366 g/mol. The minimum Gasteiger partial charge on any atom is -0.493 e. The zero-order chi connectivity index (χ0) is 17.2. The van der Waals surface area contributed by atoms with Crippen LogP contribution in [0.15, 0.2) is 48.5 Å². The Kier molecular flexibility index (Phi) is 10.0. The lowest BCUT2D eigenvalue weighted by Gasteiger charge is -2.15. The maximum Gasteiger partial charge on any atom is 0.161 e. The van der Waals surface area contributed by atoms with Crippen LogP contribution in [0.4, 0.5) is 0 Å². The van der Waals surface area contributed by atoms with Gasteiger partial charge in [0.1, 0.15) is 6.61 Å². The summed E-state index contributed by atoms with van der Waals surface area (Å²) in [4.78, 5) is 0. The fraction of sp³-hybridized carbons (Fsp3) is 0.400. The third-order valence-corrected chi connectivity index (χ3v) is 3.94. The zero-order valence-corrected chi connectivity index (χ0v) is 15.7. The SMILES string of the molecule is COc1cc(CNC(C)CCc2ccccc2)ccc1OCCO.Cl. The lowest BCUT2D eigenvalue weighted by molar-refractivity contribution is 0.196. The van der Waals surface area contributed by atoms with E-state index < -0.39 is 0 Å². The predicted octanol–water partition coefficient (Wildman–Crippen LogP) is 3.60. The number of hydrogen-bond acceptors (Lipinski definition) is 4. The van der Waals surface area contributed by atoms with E-state index in [0.29, 0.717) is 17.5 Å². The van der Waals surface area contributed by atoms with Crippen LogP contribution < -0.4 is 14.8 Å². The molecule has 138 valence electrons. The van der Waals surface area contributed by atoms with Gasteiger partial charge in [-0.25, -0.2) is 0 Å². The van der Waals surface area contributed by atoms with Crippen LogP contribution in [0.3, 0.4) is 0 Å². The Morgan fingerprint density at radius 3 is 2.48 bits per heavy atom. The molecular formula is C20H28ClNO3. The van der Waals surface area contributed by atoms with Crippen molar-refractivity contribution in [1.82, 2.24) is 5.32 Å². The summed E-state index contributed by atoms with van der Waals surface area (Å²) in [5, 5.41) is 12.4. The lowest BCUT2D eigenvalue weighted by atomic mass is 10.1. The monoisotopic (exact) mass is 365 g/mol. The summed E-state index contributed by atoms with van der Waals surface area (Å²) < 4.78 is 10.8. The van der Waals surface area contributed by atoms with Gasteiger partial charge in [-0.3, -0.25) is 0 Å². The maximum atomic E-state index is 8.85. The number of rotatable bonds is 10. The van der Waals surface area contributed by atoms with E-state index in [-0.39, 0.29) is 25.6 Å². The number of hydrogen-bond donors (Lipinski definition) is 2. The van der Waals surface area contributed by atoms with E-state index in [9.17, 15) is 0 Å². The van der Waals surface area contributed by atoms with Gasteiger partial charge in [-0.05, 0) is 43.0 Å². The molecule has 2 aromatic rings. The Balaban J connectivity index is 0.00000312. The summed E-state index contributed by atoms with van der Waals surface area (Å²) in [6.07, 6.45) is 2.17. The Bertz CT molecular complexity index is 607. The molecule has 0 spiro atoms. The van der Waals surface area contributed by atoms with Gasteiger partial charge >= 0.3 is 0 Å². The van der Waals surface area contributed by atoms with Gasteiger partial charge in [0.15, 0.2) is 11.5 Å². The number of nitrogens with one attached hydrogen (secondary N) is 1. The van der Waals surface area contributed by atoms with Crippen LogP contribution in [0.1, 0.15) is 24.5 Å². The number of halogens is 1. The van der Waals surface area contributed by atoms with Crippen molar-refractivity contribution < 1.29 is 14.6 Å². The summed E-state index contributed by atoms with van der Waals surface area (Å²) in [5.74, 6) is 1.35. The highest BCUT2D eigenvalue weighted by atomic mass is 35.5. The van der Waals surface area contributed by atoms with Crippen LogP contribution in [0, 0.1) is 0 Å². The molecule has 2 aromatic carbocycles. The van der Waals surface area contributed by atoms with Crippen molar-refractivity contribution >= 4 is 12.4 Å². The summed E-state index contributed by atoms with van der Waals surface area (Å²) in [6.45, 7) is 3.25. The number of benzene rings is 2. The first-order valence-electron chi connectivity index (χ1n) is 8.41. The first kappa shape index (κ1) is 21.3. The molecule has 0 saturated heterocycles. The molecule has 2 N–H and O–H groups in total. The average Bonchev–Trinajstić information content (AvgIpc) is 2.64. The molecule has 0 aliphatic rings. The molecule has 25 heavy (non-hydrogen) atoms. The molecular weight excluding hydrogens is 338 g/mol. The van der Waals surface area contributed by atoms with E-state index in [0.717, 1.165) is 24.9 Å². The Morgan fingerprint density at radius 1 is 1.04 bits per heavy atom. The number of aryl methyl sites for hydroxylation is 1. The van der Waals surface area contributed by atoms with Crippen LogP contribution in [0.5, 0.6) is 11.5 Å². The number of ether oxygens (including phenoxy) is 2. The molecule has 0 radical (unpaired) electrons. The maximum absolute atomic E-state index is 8.85. The van der Waals surface area contributed by atoms with Crippen molar-refractivity contribution in [1.29, 1.82) is 0 Å². The number of methoxy groups -OCH3 is 1. The van der Waals surface area contributed by atoms with Gasteiger partial charge < -0.3 is 19.9 Å². The smallest absolute Gasteiger partial charge is 0.161 e. The molecule has 0 fully saturated rings. The van der Waals surface area contributed by atoms with E-state index in [1.54, 1.807) is 7.11 Å². The Morgan fingerprint density at radius 2 is 1.80 bits per heavy atom. The molecule has 1 unspecified atom stereocenters. The third-order valence-electron chi connectivity index (χ3n) is 3.94. The summed E-state index contributed by atoms with van der Waals surface area (Å²) in [6, 6.07) is 16.9. The minimum atomic E-state index is -0.00854. The van der Waals surface area contributed by atoms with Gasteiger partial charge in [0.25, 0.3) is 0 Å². The molecule has 0 heterocycles. The van der Waals surface area contributed by atoms with Gasteiger partial charge in [0, 0.05) is 12.6 Å². The molecule has 0 aliphatic heterocycles. The second-order valence-corrected chi connectivity index (χ2v) is 5.86. The second-order valence-electron chi connectivity index (χ2n) is 5.86. The highest BCUT2D eigenvalue weighted by Gasteiger charge is 2.07. The number of aliphatic hydroxyl groups is 1. The van der Waals surface area contributed by atoms with Crippen LogP contribution in [-0.2, 0) is 13.0 Å². The predicted molar refractivity (Wildman–Crippen MR) is 104 cm³/mol. The molecule has 0 amide bonds. The van der Waals surface area contributed by atoms with E-state index in [1.165, 1.54) is 5.56 Å². The van der Waals surface area contributed by atoms with Crippen molar-refractivity contribution in [3.8, 4) is 11.5 Å². The van der Waals surface area contributed by atoms with Gasteiger partial charge in [-0.15, -0.1) is 12.4 Å². The quantitative estimate of drug-likeness (QED) is 0.675. The molecule has 0 bridgehead atoms. The molecule has 5 heteroatoms. The summed E-state index contributed by atoms with van der Waals surface area (Å²) >= 11 is 0. The van der Waals surface area contributed by atoms with E-state index >= 15 is 0 Å². The van der Waals surface area contributed by atoms with Crippen molar-refractivity contribution in [2.24, 2.45) is 0 Å². The van der Waals surface area contributed by atoms with Crippen LogP contribution in [0.2, 0.25) is 0 Å². The van der Waals surface area contributed by atoms with Crippen molar-refractivity contribution in [3.05, 3.63) is 59.7 Å². The molecule has 0 aromatic heterocycles. The highest BCUT2D eigenvalue weighted by molar-refractivity contribution is 5.85. The molecule has 1 atom stereocenters. The van der Waals surface area contributed by atoms with Crippen molar-refractivity contribution in [3.63, 3.8) is 0 Å². The fourth-order valence-electron chi connectivity index (χ4n) is 2.52. The molecule has 2 rings (SSSR count). The van der Waals surface area contributed by atoms with Gasteiger partial charge in [-0.2, -0.15) is 0 Å². The highest BCUT2D eigenvalue weighted by Crippen LogP contribution is 2.28. The molecule has 4 nitrogen and oxygen atoms in total. The second kappa shape index (κ2) is 11.7. The van der Waals surface area contributed by atoms with Crippen LogP contribution in [0.25, 0.3) is 0 Å². The fourth-order valence-corrected chi connectivity index (χ4v) is 2.52. The topological polar surface area (TPSA) is 50.7 Å². The van der Waals surface area contributed by atoms with Crippen LogP contribution in [-0.4, -0.2) is 31.5 Å². The zero-order valence-electron chi connectivity index (χ0n) is 14.9. The first-order chi connectivity index (χ1) is 11.7. The lowest BCUT2D eigenvalue weighted by Crippen LogP contribution is -2.26. The van der Waals surface area contributed by atoms with E-state index in [2.05, 4.69) is 36.5 Å². The van der Waals surface area contributed by atoms with Crippen molar-refractivity contribution in [2.75, 3.05) is 20.3 Å². The Hall–Kier alpha value is -1.75. The third kappa shape index (κ3) is 7.34. The standard InChI is InChI=1S/C20H27NO3.ClH/c1-16(8-9-17-6-4-3-5-7-17)21-15-18-10-11-19(24-13-12-22)20(14-18)23-2;/h3-7,10-11,14,16,21-22H,8-9,12-13,15H2,1-2H3;1H. The Labute approximate surface area is 156 Å². The van der Waals surface area contributed by atoms with Gasteiger partial charge in [-0.1, -0.05) is 36.4 Å². The molecule has 0 saturated carbocycles. The van der Waals surface area contributed by atoms with E-state index in [1.807, 2.05) is 24.3 Å². The molecule has 0 aliphatic carbocycles. The number of aliphatic hydroxyl groups excluding tert-OH is 1. The van der Waals surface area contributed by atoms with E-state index in [4.69, 9.17) is 14.6 Å². The van der Waals surface area contributed by atoms with Crippen LogP contribution >= 0.6 is 12.4 Å². The summed E-state index contributed by atoms with van der Waals surface area (Å²) in [5.41, 5.74) is 2.52. The van der Waals surface area contributed by atoms with Crippen molar-refractivity contribution in [2.45, 2.75) is 32.4 Å². The first-order valence-corrected chi connectivity index (χ1v) is 8.41. The van der Waals surface area contributed by atoms with Gasteiger partial charge in [0.05, 0.1) is 13.7 Å². The minimum absolute atomic E-state index is 0.